The molecular weight excluding hydrogens is 324 g/mol. The number of nitrogens with zero attached hydrogens (tertiary/aromatic N) is 3. The third-order valence-electron chi connectivity index (χ3n) is 3.04. The van der Waals surface area contributed by atoms with Crippen LogP contribution in [0.5, 0.6) is 0 Å². The molecule has 1 atom stereocenters. The van der Waals surface area contributed by atoms with Gasteiger partial charge in [-0.05, 0) is 43.6 Å². The standard InChI is InChI=1S/C13H19BrN4S/c1-5-18-11(12(14)9(3)17-18)6-15-10(4)13-16-8(2)7-19-13/h7,10,15H,5-6H2,1-4H3. The molecule has 0 saturated carbocycles. The molecule has 0 bridgehead atoms. The van der Waals surface area contributed by atoms with Crippen LogP contribution in [-0.4, -0.2) is 14.8 Å². The molecule has 2 aromatic heterocycles. The average Bonchev–Trinajstić information content (AvgIpc) is 2.93. The molecule has 1 N–H and O–H groups in total. The fourth-order valence-electron chi connectivity index (χ4n) is 1.95. The molecule has 0 aromatic carbocycles. The molecule has 0 spiro atoms. The van der Waals surface area contributed by atoms with Crippen LogP contribution in [0.3, 0.4) is 0 Å². The first kappa shape index (κ1) is 14.7. The van der Waals surface area contributed by atoms with Crippen LogP contribution < -0.4 is 5.32 Å². The molecule has 0 aliphatic carbocycles. The number of aromatic nitrogens is 3. The van der Waals surface area contributed by atoms with Gasteiger partial charge in [0.15, 0.2) is 0 Å². The number of hydrogen-bond acceptors (Lipinski definition) is 4. The van der Waals surface area contributed by atoms with Crippen molar-refractivity contribution in [1.29, 1.82) is 0 Å². The summed E-state index contributed by atoms with van der Waals surface area (Å²) >= 11 is 5.32. The summed E-state index contributed by atoms with van der Waals surface area (Å²) in [5.41, 5.74) is 3.32. The lowest BCUT2D eigenvalue weighted by atomic mass is 10.3. The second-order valence-corrected chi connectivity index (χ2v) is 6.27. The van der Waals surface area contributed by atoms with Crippen LogP contribution in [0.25, 0.3) is 0 Å². The van der Waals surface area contributed by atoms with E-state index in [1.54, 1.807) is 11.3 Å². The minimum absolute atomic E-state index is 0.256. The van der Waals surface area contributed by atoms with Gasteiger partial charge in [0.2, 0.25) is 0 Å². The molecule has 6 heteroatoms. The molecule has 1 unspecified atom stereocenters. The molecular formula is C13H19BrN4S. The third-order valence-corrected chi connectivity index (χ3v) is 5.21. The Balaban J connectivity index is 2.06. The Morgan fingerprint density at radius 2 is 2.21 bits per heavy atom. The highest BCUT2D eigenvalue weighted by Crippen LogP contribution is 2.23. The minimum Gasteiger partial charge on any atom is -0.302 e. The maximum absolute atomic E-state index is 4.51. The largest absolute Gasteiger partial charge is 0.302 e. The lowest BCUT2D eigenvalue weighted by Crippen LogP contribution is -2.20. The van der Waals surface area contributed by atoms with Gasteiger partial charge in [-0.3, -0.25) is 4.68 Å². The molecule has 0 amide bonds. The molecule has 0 aliphatic heterocycles. The molecule has 2 heterocycles. The molecule has 2 aromatic rings. The molecule has 104 valence electrons. The van der Waals surface area contributed by atoms with Crippen LogP contribution >= 0.6 is 27.3 Å². The van der Waals surface area contributed by atoms with E-state index >= 15 is 0 Å². The Bertz CT molecular complexity index is 561. The smallest absolute Gasteiger partial charge is 0.110 e. The van der Waals surface area contributed by atoms with Gasteiger partial charge in [0, 0.05) is 24.2 Å². The molecule has 2 rings (SSSR count). The number of nitrogens with one attached hydrogen (secondary N) is 1. The maximum Gasteiger partial charge on any atom is 0.110 e. The van der Waals surface area contributed by atoms with Crippen LogP contribution in [0.1, 0.15) is 42.0 Å². The average molecular weight is 343 g/mol. The molecule has 4 nitrogen and oxygen atoms in total. The zero-order valence-corrected chi connectivity index (χ0v) is 14.1. The zero-order valence-electron chi connectivity index (χ0n) is 11.7. The highest BCUT2D eigenvalue weighted by molar-refractivity contribution is 9.10. The number of rotatable bonds is 5. The van der Waals surface area contributed by atoms with E-state index in [2.05, 4.69) is 50.6 Å². The predicted octanol–water partition coefficient (Wildman–Crippen LogP) is 3.59. The van der Waals surface area contributed by atoms with Gasteiger partial charge in [-0.1, -0.05) is 0 Å². The first-order valence-electron chi connectivity index (χ1n) is 6.40. The fraction of sp³-hybridized carbons (Fsp3) is 0.538. The van der Waals surface area contributed by atoms with Crippen molar-refractivity contribution in [2.75, 3.05) is 0 Å². The van der Waals surface area contributed by atoms with Gasteiger partial charge in [0.05, 0.1) is 21.9 Å². The Hall–Kier alpha value is -0.720. The third kappa shape index (κ3) is 3.24. The molecule has 0 aliphatic rings. The van der Waals surface area contributed by atoms with Gasteiger partial charge in [-0.25, -0.2) is 4.98 Å². The Morgan fingerprint density at radius 1 is 1.47 bits per heavy atom. The van der Waals surface area contributed by atoms with Crippen molar-refractivity contribution >= 4 is 27.3 Å². The first-order valence-corrected chi connectivity index (χ1v) is 8.07. The van der Waals surface area contributed by atoms with E-state index < -0.39 is 0 Å². The van der Waals surface area contributed by atoms with Crippen molar-refractivity contribution in [2.45, 2.75) is 46.8 Å². The fourth-order valence-corrected chi connectivity index (χ4v) is 3.20. The topological polar surface area (TPSA) is 42.7 Å². The Morgan fingerprint density at radius 3 is 2.79 bits per heavy atom. The van der Waals surface area contributed by atoms with Crippen molar-refractivity contribution in [3.63, 3.8) is 0 Å². The second kappa shape index (κ2) is 6.15. The van der Waals surface area contributed by atoms with Gasteiger partial charge in [0.1, 0.15) is 5.01 Å². The van der Waals surface area contributed by atoms with E-state index in [4.69, 9.17) is 0 Å². The maximum atomic E-state index is 4.51. The highest BCUT2D eigenvalue weighted by Gasteiger charge is 2.14. The summed E-state index contributed by atoms with van der Waals surface area (Å²) in [6, 6.07) is 0.256. The van der Waals surface area contributed by atoms with Gasteiger partial charge < -0.3 is 5.32 Å². The van der Waals surface area contributed by atoms with Crippen LogP contribution in [0.15, 0.2) is 9.85 Å². The predicted molar refractivity (Wildman–Crippen MR) is 82.4 cm³/mol. The summed E-state index contributed by atoms with van der Waals surface area (Å²) in [7, 11) is 0. The number of halogens is 1. The van der Waals surface area contributed by atoms with E-state index in [1.165, 1.54) is 5.69 Å². The van der Waals surface area contributed by atoms with Crippen LogP contribution in [-0.2, 0) is 13.1 Å². The summed E-state index contributed by atoms with van der Waals surface area (Å²) in [5, 5.41) is 11.2. The lowest BCUT2D eigenvalue weighted by molar-refractivity contribution is 0.528. The summed E-state index contributed by atoms with van der Waals surface area (Å²) in [6.45, 7) is 9.97. The Kier molecular flexibility index (Phi) is 4.76. The van der Waals surface area contributed by atoms with Crippen LogP contribution in [0.2, 0.25) is 0 Å². The van der Waals surface area contributed by atoms with Gasteiger partial charge in [-0.15, -0.1) is 11.3 Å². The molecule has 0 saturated heterocycles. The number of thiazole rings is 1. The van der Waals surface area contributed by atoms with E-state index in [0.717, 1.165) is 34.0 Å². The summed E-state index contributed by atoms with van der Waals surface area (Å²) < 4.78 is 3.14. The summed E-state index contributed by atoms with van der Waals surface area (Å²) in [6.07, 6.45) is 0. The first-order chi connectivity index (χ1) is 9.02. The van der Waals surface area contributed by atoms with E-state index in [-0.39, 0.29) is 6.04 Å². The van der Waals surface area contributed by atoms with Gasteiger partial charge >= 0.3 is 0 Å². The lowest BCUT2D eigenvalue weighted by Gasteiger charge is -2.12. The van der Waals surface area contributed by atoms with Crippen molar-refractivity contribution in [3.8, 4) is 0 Å². The summed E-state index contributed by atoms with van der Waals surface area (Å²) in [4.78, 5) is 4.51. The quantitative estimate of drug-likeness (QED) is 0.902. The van der Waals surface area contributed by atoms with E-state index in [0.29, 0.717) is 0 Å². The molecule has 19 heavy (non-hydrogen) atoms. The zero-order chi connectivity index (χ0) is 14.0. The normalized spacial score (nSPS) is 12.9. The molecule has 0 fully saturated rings. The van der Waals surface area contributed by atoms with Crippen molar-refractivity contribution < 1.29 is 0 Å². The van der Waals surface area contributed by atoms with Crippen molar-refractivity contribution in [1.82, 2.24) is 20.1 Å². The van der Waals surface area contributed by atoms with Gasteiger partial charge in [-0.2, -0.15) is 5.10 Å². The SMILES string of the molecule is CCn1nc(C)c(Br)c1CNC(C)c1nc(C)cs1. The Labute approximate surface area is 126 Å². The number of aryl methyl sites for hydroxylation is 3. The van der Waals surface area contributed by atoms with E-state index in [9.17, 15) is 0 Å². The summed E-state index contributed by atoms with van der Waals surface area (Å²) in [5.74, 6) is 0. The van der Waals surface area contributed by atoms with Crippen LogP contribution in [0.4, 0.5) is 0 Å². The molecule has 0 radical (unpaired) electrons. The minimum atomic E-state index is 0.256. The monoisotopic (exact) mass is 342 g/mol. The van der Waals surface area contributed by atoms with Crippen molar-refractivity contribution in [2.24, 2.45) is 0 Å². The number of hydrogen-bond donors (Lipinski definition) is 1. The van der Waals surface area contributed by atoms with Crippen LogP contribution in [0, 0.1) is 13.8 Å². The highest BCUT2D eigenvalue weighted by atomic mass is 79.9. The second-order valence-electron chi connectivity index (χ2n) is 4.59. The van der Waals surface area contributed by atoms with Gasteiger partial charge in [0.25, 0.3) is 0 Å². The van der Waals surface area contributed by atoms with Crippen molar-refractivity contribution in [3.05, 3.63) is 31.9 Å². The van der Waals surface area contributed by atoms with E-state index in [1.807, 2.05) is 18.5 Å².